The molecule has 0 radical (unpaired) electrons. The molecule has 0 saturated heterocycles. The maximum Gasteiger partial charge on any atom is 0.357 e. The Morgan fingerprint density at radius 3 is 2.80 bits per heavy atom. The molecular formula is C9H8BrF2NO2. The average molecular weight is 280 g/mol. The summed E-state index contributed by atoms with van der Waals surface area (Å²) in [6.07, 6.45) is -2.75. The SMILES string of the molecule is CCOC(=O)c1nc(Br)ccc1C(F)F. The molecule has 0 aliphatic carbocycles. The molecule has 15 heavy (non-hydrogen) atoms. The minimum absolute atomic E-state index is 0.121. The van der Waals surface area contributed by atoms with Crippen LogP contribution in [0.1, 0.15) is 29.4 Å². The van der Waals surface area contributed by atoms with Crippen LogP contribution in [0.4, 0.5) is 8.78 Å². The fourth-order valence-corrected chi connectivity index (χ4v) is 1.29. The quantitative estimate of drug-likeness (QED) is 0.631. The first-order chi connectivity index (χ1) is 7.06. The fourth-order valence-electron chi connectivity index (χ4n) is 0.985. The molecule has 1 heterocycles. The number of esters is 1. The Hall–Kier alpha value is -1.04. The van der Waals surface area contributed by atoms with E-state index in [0.29, 0.717) is 4.60 Å². The highest BCUT2D eigenvalue weighted by atomic mass is 79.9. The van der Waals surface area contributed by atoms with Gasteiger partial charge in [-0.3, -0.25) is 0 Å². The minimum Gasteiger partial charge on any atom is -0.461 e. The number of halogens is 3. The lowest BCUT2D eigenvalue weighted by Crippen LogP contribution is -2.11. The van der Waals surface area contributed by atoms with Crippen LogP contribution in [0.15, 0.2) is 16.7 Å². The van der Waals surface area contributed by atoms with E-state index < -0.39 is 18.0 Å². The Balaban J connectivity index is 3.12. The van der Waals surface area contributed by atoms with Crippen LogP contribution in [0.25, 0.3) is 0 Å². The molecule has 6 heteroatoms. The van der Waals surface area contributed by atoms with Crippen molar-refractivity contribution in [2.75, 3.05) is 6.61 Å². The second kappa shape index (κ2) is 5.16. The second-order valence-corrected chi connectivity index (χ2v) is 3.41. The molecule has 0 spiro atoms. The lowest BCUT2D eigenvalue weighted by molar-refractivity contribution is 0.0507. The number of alkyl halides is 2. The van der Waals surface area contributed by atoms with Gasteiger partial charge in [-0.1, -0.05) is 0 Å². The molecule has 3 nitrogen and oxygen atoms in total. The number of hydrogen-bond acceptors (Lipinski definition) is 3. The first-order valence-electron chi connectivity index (χ1n) is 4.18. The number of rotatable bonds is 3. The first kappa shape index (κ1) is 12.0. The third-order valence-corrected chi connectivity index (χ3v) is 2.04. The van der Waals surface area contributed by atoms with Gasteiger partial charge in [0.2, 0.25) is 0 Å². The summed E-state index contributed by atoms with van der Waals surface area (Å²) in [5, 5.41) is 0. The largest absolute Gasteiger partial charge is 0.461 e. The van der Waals surface area contributed by atoms with Gasteiger partial charge in [-0.25, -0.2) is 18.6 Å². The van der Waals surface area contributed by atoms with Gasteiger partial charge in [-0.05, 0) is 35.0 Å². The number of ether oxygens (including phenoxy) is 1. The van der Waals surface area contributed by atoms with E-state index in [1.165, 1.54) is 6.07 Å². The van der Waals surface area contributed by atoms with Gasteiger partial charge < -0.3 is 4.74 Å². The summed E-state index contributed by atoms with van der Waals surface area (Å²) in [6.45, 7) is 1.72. The van der Waals surface area contributed by atoms with Crippen LogP contribution in [-0.4, -0.2) is 17.6 Å². The predicted octanol–water partition coefficient (Wildman–Crippen LogP) is 2.96. The van der Waals surface area contributed by atoms with E-state index >= 15 is 0 Å². The van der Waals surface area contributed by atoms with E-state index in [0.717, 1.165) is 6.07 Å². The molecule has 0 fully saturated rings. The topological polar surface area (TPSA) is 39.2 Å². The van der Waals surface area contributed by atoms with Crippen LogP contribution in [-0.2, 0) is 4.74 Å². The molecule has 0 aromatic carbocycles. The van der Waals surface area contributed by atoms with Crippen molar-refractivity contribution in [3.8, 4) is 0 Å². The third-order valence-electron chi connectivity index (χ3n) is 1.60. The number of carbonyl (C=O) groups is 1. The van der Waals surface area contributed by atoms with E-state index in [1.807, 2.05) is 0 Å². The van der Waals surface area contributed by atoms with Crippen LogP contribution < -0.4 is 0 Å². The van der Waals surface area contributed by atoms with E-state index in [9.17, 15) is 13.6 Å². The van der Waals surface area contributed by atoms with Crippen LogP contribution in [0, 0.1) is 0 Å². The van der Waals surface area contributed by atoms with Gasteiger partial charge in [0.25, 0.3) is 6.43 Å². The summed E-state index contributed by atoms with van der Waals surface area (Å²) in [6, 6.07) is 2.50. The zero-order valence-electron chi connectivity index (χ0n) is 7.84. The third kappa shape index (κ3) is 2.95. The smallest absolute Gasteiger partial charge is 0.357 e. The molecule has 1 aromatic heterocycles. The normalized spacial score (nSPS) is 10.5. The Morgan fingerprint density at radius 1 is 1.60 bits per heavy atom. The van der Waals surface area contributed by atoms with Gasteiger partial charge in [-0.15, -0.1) is 0 Å². The number of carbonyl (C=O) groups excluding carboxylic acids is 1. The van der Waals surface area contributed by atoms with Gasteiger partial charge in [-0.2, -0.15) is 0 Å². The Morgan fingerprint density at radius 2 is 2.27 bits per heavy atom. The van der Waals surface area contributed by atoms with Gasteiger partial charge >= 0.3 is 5.97 Å². The lowest BCUT2D eigenvalue weighted by atomic mass is 10.2. The number of aromatic nitrogens is 1. The van der Waals surface area contributed by atoms with Crippen molar-refractivity contribution in [3.63, 3.8) is 0 Å². The lowest BCUT2D eigenvalue weighted by Gasteiger charge is -2.07. The number of nitrogens with zero attached hydrogens (tertiary/aromatic N) is 1. The molecule has 0 atom stereocenters. The Labute approximate surface area is 93.6 Å². The van der Waals surface area contributed by atoms with Crippen molar-refractivity contribution < 1.29 is 18.3 Å². The zero-order valence-corrected chi connectivity index (χ0v) is 9.42. The summed E-state index contributed by atoms with van der Waals surface area (Å²) in [7, 11) is 0. The van der Waals surface area contributed by atoms with Crippen LogP contribution in [0.5, 0.6) is 0 Å². The molecule has 0 unspecified atom stereocenters. The highest BCUT2D eigenvalue weighted by Crippen LogP contribution is 2.23. The van der Waals surface area contributed by atoms with Gasteiger partial charge in [0.15, 0.2) is 5.69 Å². The van der Waals surface area contributed by atoms with E-state index in [1.54, 1.807) is 6.92 Å². The zero-order chi connectivity index (χ0) is 11.4. The highest BCUT2D eigenvalue weighted by molar-refractivity contribution is 9.10. The maximum absolute atomic E-state index is 12.5. The molecule has 0 saturated carbocycles. The highest BCUT2D eigenvalue weighted by Gasteiger charge is 2.21. The predicted molar refractivity (Wildman–Crippen MR) is 52.9 cm³/mol. The molecule has 0 bridgehead atoms. The van der Waals surface area contributed by atoms with Crippen LogP contribution in [0.3, 0.4) is 0 Å². The molecule has 1 aromatic rings. The van der Waals surface area contributed by atoms with Crippen molar-refractivity contribution in [1.82, 2.24) is 4.98 Å². The molecule has 0 aliphatic heterocycles. The fraction of sp³-hybridized carbons (Fsp3) is 0.333. The molecule has 0 amide bonds. The molecule has 82 valence electrons. The minimum atomic E-state index is -2.75. The monoisotopic (exact) mass is 279 g/mol. The molecular weight excluding hydrogens is 272 g/mol. The average Bonchev–Trinajstić information content (AvgIpc) is 2.17. The summed E-state index contributed by atoms with van der Waals surface area (Å²) in [4.78, 5) is 15.0. The van der Waals surface area contributed by atoms with Crippen molar-refractivity contribution in [3.05, 3.63) is 28.0 Å². The Kier molecular flexibility index (Phi) is 4.14. The number of pyridine rings is 1. The summed E-state index contributed by atoms with van der Waals surface area (Å²) in [5.74, 6) is -0.839. The van der Waals surface area contributed by atoms with Crippen molar-refractivity contribution in [1.29, 1.82) is 0 Å². The van der Waals surface area contributed by atoms with Crippen molar-refractivity contribution in [2.45, 2.75) is 13.3 Å². The van der Waals surface area contributed by atoms with Crippen LogP contribution in [0.2, 0.25) is 0 Å². The van der Waals surface area contributed by atoms with Crippen LogP contribution >= 0.6 is 15.9 Å². The van der Waals surface area contributed by atoms with Crippen molar-refractivity contribution in [2.24, 2.45) is 0 Å². The standard InChI is InChI=1S/C9H8BrF2NO2/c1-2-15-9(14)7-5(8(11)12)3-4-6(10)13-7/h3-4,8H,2H2,1H3. The molecule has 1 rings (SSSR count). The van der Waals surface area contributed by atoms with E-state index in [4.69, 9.17) is 0 Å². The summed E-state index contributed by atoms with van der Waals surface area (Å²) in [5.41, 5.74) is -0.766. The summed E-state index contributed by atoms with van der Waals surface area (Å²) >= 11 is 3.00. The van der Waals surface area contributed by atoms with Gasteiger partial charge in [0.05, 0.1) is 12.2 Å². The van der Waals surface area contributed by atoms with Gasteiger partial charge in [0, 0.05) is 0 Å². The molecule has 0 N–H and O–H groups in total. The van der Waals surface area contributed by atoms with E-state index in [-0.39, 0.29) is 12.3 Å². The molecule has 0 aliphatic rings. The van der Waals surface area contributed by atoms with E-state index in [2.05, 4.69) is 25.7 Å². The van der Waals surface area contributed by atoms with Crippen molar-refractivity contribution >= 4 is 21.9 Å². The second-order valence-electron chi connectivity index (χ2n) is 2.59. The summed E-state index contributed by atoms with van der Waals surface area (Å²) < 4.78 is 29.9. The van der Waals surface area contributed by atoms with Gasteiger partial charge in [0.1, 0.15) is 4.60 Å². The Bertz CT molecular complexity index is 371. The maximum atomic E-state index is 12.5. The number of hydrogen-bond donors (Lipinski definition) is 0. The first-order valence-corrected chi connectivity index (χ1v) is 4.97.